The zero-order valence-electron chi connectivity index (χ0n) is 21.6. The van der Waals surface area contributed by atoms with Crippen LogP contribution in [-0.2, 0) is 9.53 Å². The Balaban J connectivity index is 1.34. The molecule has 0 bridgehead atoms. The second-order valence-corrected chi connectivity index (χ2v) is 8.79. The predicted octanol–water partition coefficient (Wildman–Crippen LogP) is 7.28. The number of esters is 2. The van der Waals surface area contributed by atoms with Crippen molar-refractivity contribution in [3.05, 3.63) is 96.6 Å². The van der Waals surface area contributed by atoms with Gasteiger partial charge in [-0.3, -0.25) is 0 Å². The Morgan fingerprint density at radius 2 is 1.34 bits per heavy atom. The van der Waals surface area contributed by atoms with Crippen LogP contribution in [0.15, 0.2) is 85.5 Å². The van der Waals surface area contributed by atoms with E-state index in [9.17, 15) is 9.59 Å². The zero-order chi connectivity index (χ0) is 27.0. The summed E-state index contributed by atoms with van der Waals surface area (Å²) >= 11 is 0. The molecule has 0 unspecified atom stereocenters. The van der Waals surface area contributed by atoms with Gasteiger partial charge in [-0.2, -0.15) is 5.26 Å². The van der Waals surface area contributed by atoms with E-state index in [-0.39, 0.29) is 11.7 Å². The van der Waals surface area contributed by atoms with Gasteiger partial charge in [-0.15, -0.1) is 0 Å². The summed E-state index contributed by atoms with van der Waals surface area (Å²) in [5, 5.41) is 9.16. The minimum Gasteiger partial charge on any atom is -0.494 e. The van der Waals surface area contributed by atoms with Crippen molar-refractivity contribution in [1.29, 1.82) is 5.26 Å². The zero-order valence-corrected chi connectivity index (χ0v) is 21.6. The smallest absolute Gasteiger partial charge is 0.343 e. The fourth-order valence-corrected chi connectivity index (χ4v) is 3.86. The number of carbonyl (C=O) groups is 2. The molecule has 0 aliphatic heterocycles. The van der Waals surface area contributed by atoms with Gasteiger partial charge in [-0.1, -0.05) is 75.1 Å². The molecule has 0 aromatic heterocycles. The highest BCUT2D eigenvalue weighted by molar-refractivity contribution is 5.92. The molecule has 0 aliphatic carbocycles. The molecule has 6 heteroatoms. The number of carbonyl (C=O) groups excluding carboxylic acids is 2. The number of unbranched alkanes of at least 4 members (excludes halogenated alkanes) is 6. The largest absolute Gasteiger partial charge is 0.494 e. The molecule has 3 aromatic rings. The van der Waals surface area contributed by atoms with Gasteiger partial charge in [-0.05, 0) is 60.4 Å². The van der Waals surface area contributed by atoms with Gasteiger partial charge in [-0.25, -0.2) is 9.59 Å². The lowest BCUT2D eigenvalue weighted by Crippen LogP contribution is -2.09. The van der Waals surface area contributed by atoms with Crippen LogP contribution in [0.1, 0.15) is 60.9 Å². The number of hydrogen-bond acceptors (Lipinski definition) is 6. The summed E-state index contributed by atoms with van der Waals surface area (Å²) in [6, 6.07) is 23.8. The van der Waals surface area contributed by atoms with Gasteiger partial charge in [0.15, 0.2) is 0 Å². The van der Waals surface area contributed by atoms with E-state index < -0.39 is 5.97 Å². The molecule has 0 saturated carbocycles. The summed E-state index contributed by atoms with van der Waals surface area (Å²) in [5.74, 6) is 0.225. The summed E-state index contributed by atoms with van der Waals surface area (Å²) in [6.45, 7) is 4.53. The maximum absolute atomic E-state index is 12.5. The van der Waals surface area contributed by atoms with E-state index >= 15 is 0 Å². The van der Waals surface area contributed by atoms with Crippen LogP contribution in [0.25, 0.3) is 11.1 Å². The van der Waals surface area contributed by atoms with Crippen LogP contribution in [0.3, 0.4) is 0 Å². The van der Waals surface area contributed by atoms with Crippen molar-refractivity contribution in [2.24, 2.45) is 0 Å². The van der Waals surface area contributed by atoms with Crippen LogP contribution in [-0.4, -0.2) is 25.2 Å². The molecule has 0 amide bonds. The van der Waals surface area contributed by atoms with E-state index in [4.69, 9.17) is 19.5 Å². The van der Waals surface area contributed by atoms with E-state index in [1.807, 2.05) is 42.5 Å². The molecular weight excluding hydrogens is 478 g/mol. The van der Waals surface area contributed by atoms with Gasteiger partial charge in [0.2, 0.25) is 0 Å². The number of nitrogens with zero attached hydrogens (tertiary/aromatic N) is 1. The van der Waals surface area contributed by atoms with E-state index in [2.05, 4.69) is 6.58 Å². The Morgan fingerprint density at radius 1 is 0.763 bits per heavy atom. The van der Waals surface area contributed by atoms with E-state index in [0.29, 0.717) is 24.3 Å². The third kappa shape index (κ3) is 9.25. The Kier molecular flexibility index (Phi) is 11.6. The number of benzene rings is 3. The number of rotatable bonds is 15. The lowest BCUT2D eigenvalue weighted by atomic mass is 10.0. The molecule has 0 spiro atoms. The number of ether oxygens (including phenoxy) is 3. The van der Waals surface area contributed by atoms with E-state index in [0.717, 1.165) is 49.0 Å². The number of hydrogen-bond donors (Lipinski definition) is 0. The Morgan fingerprint density at radius 3 is 1.97 bits per heavy atom. The van der Waals surface area contributed by atoms with Crippen LogP contribution >= 0.6 is 0 Å². The highest BCUT2D eigenvalue weighted by atomic mass is 16.5. The predicted molar refractivity (Wildman–Crippen MR) is 147 cm³/mol. The van der Waals surface area contributed by atoms with Crippen LogP contribution in [0.2, 0.25) is 0 Å². The minimum absolute atomic E-state index is 0.250. The van der Waals surface area contributed by atoms with Crippen molar-refractivity contribution in [2.75, 3.05) is 13.2 Å². The fourth-order valence-electron chi connectivity index (χ4n) is 3.86. The molecular formula is C32H33NO5. The van der Waals surface area contributed by atoms with Crippen LogP contribution in [0, 0.1) is 11.3 Å². The van der Waals surface area contributed by atoms with Crippen LogP contribution in [0.5, 0.6) is 11.5 Å². The quantitative estimate of drug-likeness (QED) is 0.0922. The molecule has 38 heavy (non-hydrogen) atoms. The highest BCUT2D eigenvalue weighted by Crippen LogP contribution is 2.24. The van der Waals surface area contributed by atoms with E-state index in [1.54, 1.807) is 36.4 Å². The van der Waals surface area contributed by atoms with Gasteiger partial charge in [0.05, 0.1) is 24.3 Å². The summed E-state index contributed by atoms with van der Waals surface area (Å²) in [7, 11) is 0. The second-order valence-electron chi connectivity index (χ2n) is 8.79. The van der Waals surface area contributed by atoms with E-state index in [1.165, 1.54) is 18.9 Å². The van der Waals surface area contributed by atoms with Crippen LogP contribution < -0.4 is 9.47 Å². The summed E-state index contributed by atoms with van der Waals surface area (Å²) < 4.78 is 16.2. The first-order chi connectivity index (χ1) is 18.6. The van der Waals surface area contributed by atoms with Gasteiger partial charge in [0.25, 0.3) is 0 Å². The topological polar surface area (TPSA) is 85.6 Å². The maximum atomic E-state index is 12.5. The molecule has 3 rings (SSSR count). The summed E-state index contributed by atoms with van der Waals surface area (Å²) in [5.41, 5.74) is 2.73. The Hall–Kier alpha value is -4.37. The molecule has 3 aromatic carbocycles. The maximum Gasteiger partial charge on any atom is 0.343 e. The standard InChI is InChI=1S/C32H33NO5/c1-2-31(34)37-23-11-7-5-3-4-6-10-22-36-29-20-18-26(19-21-29)25-14-16-27(17-15-25)32(35)38-30-13-9-8-12-28(30)24-33/h2,8-9,12-21H,1,3-7,10-11,22-23H2. The average molecular weight is 512 g/mol. The van der Waals surface area contributed by atoms with Crippen LogP contribution in [0.4, 0.5) is 0 Å². The van der Waals surface area contributed by atoms with Gasteiger partial charge >= 0.3 is 11.9 Å². The fraction of sp³-hybridized carbons (Fsp3) is 0.281. The minimum atomic E-state index is -0.505. The first-order valence-corrected chi connectivity index (χ1v) is 12.9. The molecule has 0 aliphatic rings. The van der Waals surface area contributed by atoms with Gasteiger partial charge in [0.1, 0.15) is 17.6 Å². The highest BCUT2D eigenvalue weighted by Gasteiger charge is 2.11. The SMILES string of the molecule is C=CC(=O)OCCCCCCCCCOc1ccc(-c2ccc(C(=O)Oc3ccccc3C#N)cc2)cc1. The molecule has 0 fully saturated rings. The summed E-state index contributed by atoms with van der Waals surface area (Å²) in [6.07, 6.45) is 8.78. The first kappa shape index (κ1) is 28.2. The normalized spacial score (nSPS) is 10.3. The summed E-state index contributed by atoms with van der Waals surface area (Å²) in [4.78, 5) is 23.4. The molecule has 0 atom stereocenters. The van der Waals surface area contributed by atoms with Crippen molar-refractivity contribution < 1.29 is 23.8 Å². The first-order valence-electron chi connectivity index (χ1n) is 12.9. The molecule has 6 nitrogen and oxygen atoms in total. The third-order valence-corrected chi connectivity index (χ3v) is 5.99. The molecule has 0 heterocycles. The number of nitriles is 1. The Labute approximate surface area is 224 Å². The monoisotopic (exact) mass is 511 g/mol. The third-order valence-electron chi connectivity index (χ3n) is 5.99. The molecule has 0 N–H and O–H groups in total. The lowest BCUT2D eigenvalue weighted by molar-refractivity contribution is -0.137. The number of para-hydroxylation sites is 1. The molecule has 0 radical (unpaired) electrons. The van der Waals surface area contributed by atoms with Crippen molar-refractivity contribution in [3.8, 4) is 28.7 Å². The molecule has 196 valence electrons. The van der Waals surface area contributed by atoms with Crippen molar-refractivity contribution in [2.45, 2.75) is 44.9 Å². The van der Waals surface area contributed by atoms with Gasteiger partial charge < -0.3 is 14.2 Å². The van der Waals surface area contributed by atoms with Gasteiger partial charge in [0, 0.05) is 6.08 Å². The average Bonchev–Trinajstić information content (AvgIpc) is 2.96. The lowest BCUT2D eigenvalue weighted by Gasteiger charge is -2.09. The second kappa shape index (κ2) is 15.7. The Bertz CT molecular complexity index is 1230. The molecule has 0 saturated heterocycles. The van der Waals surface area contributed by atoms with Crippen molar-refractivity contribution in [1.82, 2.24) is 0 Å². The van der Waals surface area contributed by atoms with Crippen molar-refractivity contribution in [3.63, 3.8) is 0 Å². The van der Waals surface area contributed by atoms with Crippen molar-refractivity contribution >= 4 is 11.9 Å².